The average Bonchev–Trinajstić information content (AvgIpc) is 3.32. The summed E-state index contributed by atoms with van der Waals surface area (Å²) in [4.78, 5) is 41.5. The molecule has 1 atom stereocenters. The van der Waals surface area contributed by atoms with Gasteiger partial charge in [-0.05, 0) is 62.6 Å². The molecule has 0 spiro atoms. The van der Waals surface area contributed by atoms with Crippen LogP contribution in [0.25, 0.3) is 0 Å². The maximum Gasteiger partial charge on any atom is 0.325 e. The van der Waals surface area contributed by atoms with Crippen molar-refractivity contribution >= 4 is 52.4 Å². The van der Waals surface area contributed by atoms with E-state index in [0.717, 1.165) is 29.2 Å². The molecule has 9 heteroatoms. The van der Waals surface area contributed by atoms with Gasteiger partial charge in [-0.15, -0.1) is 0 Å². The number of nitrogens with zero attached hydrogens (tertiary/aromatic N) is 2. The van der Waals surface area contributed by atoms with Crippen molar-refractivity contribution in [1.82, 2.24) is 10.2 Å². The fraction of sp³-hybridized carbons (Fsp3) is 0.348. The predicted molar refractivity (Wildman–Crippen MR) is 125 cm³/mol. The van der Waals surface area contributed by atoms with Crippen molar-refractivity contribution in [2.45, 2.75) is 32.2 Å². The topological polar surface area (TPSA) is 81.8 Å². The summed E-state index contributed by atoms with van der Waals surface area (Å²) >= 11 is 12.2. The lowest BCUT2D eigenvalue weighted by Crippen LogP contribution is -2.42. The van der Waals surface area contributed by atoms with Gasteiger partial charge in [0.25, 0.3) is 5.91 Å². The summed E-state index contributed by atoms with van der Waals surface area (Å²) in [7, 11) is 0. The van der Waals surface area contributed by atoms with E-state index >= 15 is 0 Å². The standard InChI is InChI=1S/C23H24Cl2N4O3/c1-14-11-16(6-8-19(14)28-9-3-4-10-28)26-20(30)13-29-21(31)23(2,27-22(29)32)17-7-5-15(24)12-18(17)25/h5-8,11-12H,3-4,9-10,13H2,1-2H3,(H,26,30)(H,27,32)/t23-/m0/s1. The molecule has 4 amide bonds. The van der Waals surface area contributed by atoms with Crippen molar-refractivity contribution in [3.63, 3.8) is 0 Å². The Hall–Kier alpha value is -2.77. The van der Waals surface area contributed by atoms with E-state index < -0.39 is 29.9 Å². The Kier molecular flexibility index (Phi) is 6.05. The van der Waals surface area contributed by atoms with Crippen molar-refractivity contribution in [3.05, 3.63) is 57.6 Å². The number of benzene rings is 2. The Labute approximate surface area is 196 Å². The van der Waals surface area contributed by atoms with Crippen LogP contribution >= 0.6 is 23.2 Å². The number of nitrogens with one attached hydrogen (secondary N) is 2. The number of anilines is 2. The Balaban J connectivity index is 1.46. The van der Waals surface area contributed by atoms with Crippen LogP contribution in [-0.2, 0) is 15.1 Å². The minimum Gasteiger partial charge on any atom is -0.371 e. The Morgan fingerprint density at radius 2 is 1.84 bits per heavy atom. The van der Waals surface area contributed by atoms with Crippen LogP contribution in [0.4, 0.5) is 16.2 Å². The molecule has 2 aliphatic rings. The van der Waals surface area contributed by atoms with Crippen LogP contribution in [0.3, 0.4) is 0 Å². The third kappa shape index (κ3) is 4.14. The quantitative estimate of drug-likeness (QED) is 0.632. The Morgan fingerprint density at radius 3 is 2.50 bits per heavy atom. The molecule has 0 radical (unpaired) electrons. The molecule has 2 heterocycles. The summed E-state index contributed by atoms with van der Waals surface area (Å²) in [6.45, 7) is 5.23. The molecule has 168 valence electrons. The van der Waals surface area contributed by atoms with E-state index in [1.54, 1.807) is 19.1 Å². The zero-order valence-electron chi connectivity index (χ0n) is 17.9. The van der Waals surface area contributed by atoms with Crippen LogP contribution in [0.5, 0.6) is 0 Å². The SMILES string of the molecule is Cc1cc(NC(=O)CN2C(=O)N[C@@](C)(c3ccc(Cl)cc3Cl)C2=O)ccc1N1CCCC1. The highest BCUT2D eigenvalue weighted by molar-refractivity contribution is 6.35. The zero-order valence-corrected chi connectivity index (χ0v) is 19.4. The number of amides is 4. The molecular weight excluding hydrogens is 451 g/mol. The molecule has 7 nitrogen and oxygen atoms in total. The van der Waals surface area contributed by atoms with Crippen molar-refractivity contribution in [1.29, 1.82) is 0 Å². The molecular formula is C23H24Cl2N4O3. The third-order valence-corrected chi connectivity index (χ3v) is 6.52. The largest absolute Gasteiger partial charge is 0.371 e. The van der Waals surface area contributed by atoms with Crippen molar-refractivity contribution < 1.29 is 14.4 Å². The lowest BCUT2D eigenvalue weighted by atomic mass is 9.92. The smallest absolute Gasteiger partial charge is 0.325 e. The monoisotopic (exact) mass is 474 g/mol. The number of halogens is 2. The number of rotatable bonds is 5. The first-order chi connectivity index (χ1) is 15.2. The Bertz CT molecular complexity index is 1100. The number of imide groups is 1. The van der Waals surface area contributed by atoms with E-state index in [0.29, 0.717) is 16.3 Å². The summed E-state index contributed by atoms with van der Waals surface area (Å²) < 4.78 is 0. The highest BCUT2D eigenvalue weighted by atomic mass is 35.5. The van der Waals surface area contributed by atoms with E-state index in [-0.39, 0.29) is 5.02 Å². The van der Waals surface area contributed by atoms with Gasteiger partial charge in [-0.3, -0.25) is 14.5 Å². The van der Waals surface area contributed by atoms with Crippen molar-refractivity contribution in [2.75, 3.05) is 29.9 Å². The lowest BCUT2D eigenvalue weighted by molar-refractivity contribution is -0.133. The fourth-order valence-electron chi connectivity index (χ4n) is 4.31. The number of carbonyl (C=O) groups is 3. The van der Waals surface area contributed by atoms with E-state index in [2.05, 4.69) is 15.5 Å². The van der Waals surface area contributed by atoms with Gasteiger partial charge in [0, 0.05) is 40.1 Å². The van der Waals surface area contributed by atoms with Crippen LogP contribution in [-0.4, -0.2) is 42.4 Å². The molecule has 2 saturated heterocycles. The summed E-state index contributed by atoms with van der Waals surface area (Å²) in [6, 6.07) is 9.76. The number of carbonyl (C=O) groups excluding carboxylic acids is 3. The molecule has 0 bridgehead atoms. The maximum absolute atomic E-state index is 13.1. The number of urea groups is 1. The first-order valence-corrected chi connectivity index (χ1v) is 11.2. The molecule has 2 aromatic rings. The second kappa shape index (κ2) is 8.64. The van der Waals surface area contributed by atoms with Gasteiger partial charge in [0.2, 0.25) is 5.91 Å². The van der Waals surface area contributed by atoms with E-state index in [1.165, 1.54) is 18.9 Å². The third-order valence-electron chi connectivity index (χ3n) is 5.97. The van der Waals surface area contributed by atoms with Crippen molar-refractivity contribution in [3.8, 4) is 0 Å². The summed E-state index contributed by atoms with van der Waals surface area (Å²) in [6.07, 6.45) is 2.37. The second-order valence-corrected chi connectivity index (χ2v) is 9.16. The molecule has 0 unspecified atom stereocenters. The number of hydrogen-bond acceptors (Lipinski definition) is 4. The van der Waals surface area contributed by atoms with Crippen LogP contribution in [0, 0.1) is 6.92 Å². The number of aryl methyl sites for hydroxylation is 1. The second-order valence-electron chi connectivity index (χ2n) is 8.31. The van der Waals surface area contributed by atoms with E-state index in [4.69, 9.17) is 23.2 Å². The molecule has 2 fully saturated rings. The minimum atomic E-state index is -1.38. The molecule has 2 N–H and O–H groups in total. The van der Waals surface area contributed by atoms with Gasteiger partial charge >= 0.3 is 6.03 Å². The maximum atomic E-state index is 13.1. The zero-order chi connectivity index (χ0) is 23.0. The van der Waals surface area contributed by atoms with Gasteiger partial charge in [0.15, 0.2) is 0 Å². The highest BCUT2D eigenvalue weighted by Gasteiger charge is 2.50. The summed E-state index contributed by atoms with van der Waals surface area (Å²) in [5, 5.41) is 6.10. The highest BCUT2D eigenvalue weighted by Crippen LogP contribution is 2.35. The normalized spacial score (nSPS) is 20.6. The fourth-order valence-corrected chi connectivity index (χ4v) is 4.91. The summed E-state index contributed by atoms with van der Waals surface area (Å²) in [5.41, 5.74) is 1.87. The first-order valence-electron chi connectivity index (χ1n) is 10.4. The molecule has 0 aliphatic carbocycles. The molecule has 2 aromatic carbocycles. The number of hydrogen-bond donors (Lipinski definition) is 2. The molecule has 4 rings (SSSR count). The van der Waals surface area contributed by atoms with E-state index in [1.807, 2.05) is 25.1 Å². The van der Waals surface area contributed by atoms with Crippen LogP contribution in [0.1, 0.15) is 30.9 Å². The first kappa shape index (κ1) is 22.4. The minimum absolute atomic E-state index is 0.258. The van der Waals surface area contributed by atoms with Crippen LogP contribution in [0.2, 0.25) is 10.0 Å². The van der Waals surface area contributed by atoms with Crippen LogP contribution in [0.15, 0.2) is 36.4 Å². The lowest BCUT2D eigenvalue weighted by Gasteiger charge is -2.23. The van der Waals surface area contributed by atoms with E-state index in [9.17, 15) is 14.4 Å². The van der Waals surface area contributed by atoms with Gasteiger partial charge in [-0.2, -0.15) is 0 Å². The molecule has 2 aliphatic heterocycles. The van der Waals surface area contributed by atoms with Gasteiger partial charge in [0.1, 0.15) is 12.1 Å². The van der Waals surface area contributed by atoms with Gasteiger partial charge < -0.3 is 15.5 Å². The molecule has 0 aromatic heterocycles. The molecule has 0 saturated carbocycles. The van der Waals surface area contributed by atoms with Crippen LogP contribution < -0.4 is 15.5 Å². The summed E-state index contributed by atoms with van der Waals surface area (Å²) in [5.74, 6) is -1.02. The Morgan fingerprint density at radius 1 is 1.12 bits per heavy atom. The van der Waals surface area contributed by atoms with Gasteiger partial charge in [-0.25, -0.2) is 4.79 Å². The van der Waals surface area contributed by atoms with Gasteiger partial charge in [0.05, 0.1) is 0 Å². The van der Waals surface area contributed by atoms with Gasteiger partial charge in [-0.1, -0.05) is 29.3 Å². The van der Waals surface area contributed by atoms with Crippen molar-refractivity contribution in [2.24, 2.45) is 0 Å². The predicted octanol–water partition coefficient (Wildman–Crippen LogP) is 4.31. The molecule has 32 heavy (non-hydrogen) atoms. The average molecular weight is 475 g/mol.